The first-order valence-corrected chi connectivity index (χ1v) is 17.6. The third kappa shape index (κ3) is 6.55. The molecule has 256 valence electrons. The Kier molecular flexibility index (Phi) is 10.1. The van der Waals surface area contributed by atoms with E-state index in [0.29, 0.717) is 11.8 Å². The number of alkyl carbamates (subject to hydrolysis) is 1. The number of hydrogen-bond donors (Lipinski definition) is 5. The van der Waals surface area contributed by atoms with Crippen molar-refractivity contribution >= 4 is 17.7 Å². The van der Waals surface area contributed by atoms with E-state index < -0.39 is 12.1 Å². The van der Waals surface area contributed by atoms with Crippen molar-refractivity contribution in [2.45, 2.75) is 84.5 Å². The van der Waals surface area contributed by atoms with Crippen molar-refractivity contribution in [1.29, 1.82) is 0 Å². The van der Waals surface area contributed by atoms with Crippen molar-refractivity contribution in [1.82, 2.24) is 36.1 Å². The van der Waals surface area contributed by atoms with E-state index in [0.717, 1.165) is 67.1 Å². The zero-order valence-electron chi connectivity index (χ0n) is 29.1. The Morgan fingerprint density at radius 3 is 2.25 bits per heavy atom. The lowest BCUT2D eigenvalue weighted by Crippen LogP contribution is -2.54. The van der Waals surface area contributed by atoms with Crippen LogP contribution in [0.15, 0.2) is 60.4 Å². The summed E-state index contributed by atoms with van der Waals surface area (Å²) in [6.45, 7) is 12.3. The highest BCUT2D eigenvalue weighted by Crippen LogP contribution is 2.50. The topological polar surface area (TPSA) is 123 Å². The number of carbonyl (C=O) groups is 2. The molecule has 1 saturated heterocycles. The minimum absolute atomic E-state index is 0.0682. The molecule has 5 N–H and O–H groups in total. The van der Waals surface area contributed by atoms with Gasteiger partial charge in [-0.05, 0) is 65.8 Å². The van der Waals surface area contributed by atoms with E-state index in [4.69, 9.17) is 9.72 Å². The van der Waals surface area contributed by atoms with Gasteiger partial charge in [-0.1, -0.05) is 89.6 Å². The second-order valence-corrected chi connectivity index (χ2v) is 13.9. The average molecular weight is 654 g/mol. The summed E-state index contributed by atoms with van der Waals surface area (Å²) in [6, 6.07) is 17.0. The van der Waals surface area contributed by atoms with E-state index >= 15 is 0 Å². The van der Waals surface area contributed by atoms with Gasteiger partial charge in [0, 0.05) is 6.04 Å². The van der Waals surface area contributed by atoms with Gasteiger partial charge in [0.2, 0.25) is 5.91 Å². The Morgan fingerprint density at radius 1 is 0.958 bits per heavy atom. The van der Waals surface area contributed by atoms with Crippen LogP contribution in [-0.4, -0.2) is 65.3 Å². The molecule has 6 rings (SSSR count). The smallest absolute Gasteiger partial charge is 0.407 e. The number of H-pyrrole nitrogens is 1. The number of imidazole rings is 1. The molecular formula is C38H51N7O3. The van der Waals surface area contributed by atoms with E-state index in [1.807, 2.05) is 24.9 Å². The Bertz CT molecular complexity index is 1610. The maximum Gasteiger partial charge on any atom is 0.407 e. The molecule has 0 radical (unpaired) electrons. The van der Waals surface area contributed by atoms with Gasteiger partial charge in [-0.15, -0.1) is 0 Å². The fourth-order valence-electron chi connectivity index (χ4n) is 7.80. The molecule has 6 atom stereocenters. The molecule has 2 aliphatic heterocycles. The number of hydrogen-bond acceptors (Lipinski definition) is 7. The molecule has 2 bridgehead atoms. The van der Waals surface area contributed by atoms with Crippen LogP contribution in [0.5, 0.6) is 0 Å². The first-order chi connectivity index (χ1) is 23.2. The number of likely N-dealkylation sites (N-methyl/N-ethyl adjacent to an activating group) is 1. The molecule has 1 aromatic heterocycles. The van der Waals surface area contributed by atoms with Gasteiger partial charge in [-0.25, -0.2) is 9.78 Å². The molecule has 3 aromatic rings. The molecule has 3 unspecified atom stereocenters. The molecule has 3 heterocycles. The van der Waals surface area contributed by atoms with Gasteiger partial charge in [0.1, 0.15) is 11.9 Å². The van der Waals surface area contributed by atoms with Crippen molar-refractivity contribution in [3.63, 3.8) is 0 Å². The number of methoxy groups -OCH3 is 1. The molecule has 2 amide bonds. The Balaban J connectivity index is 1.18. The monoisotopic (exact) mass is 653 g/mol. The largest absolute Gasteiger partial charge is 0.453 e. The second-order valence-electron chi connectivity index (χ2n) is 13.9. The molecule has 0 spiro atoms. The lowest BCUT2D eigenvalue weighted by molar-refractivity contribution is -0.139. The van der Waals surface area contributed by atoms with Crippen LogP contribution < -0.4 is 21.3 Å². The van der Waals surface area contributed by atoms with Crippen LogP contribution in [0.4, 0.5) is 4.79 Å². The summed E-state index contributed by atoms with van der Waals surface area (Å²) in [5.41, 5.74) is 7.87. The summed E-state index contributed by atoms with van der Waals surface area (Å²) in [7, 11) is 1.32. The van der Waals surface area contributed by atoms with E-state index in [-0.39, 0.29) is 30.0 Å². The Morgan fingerprint density at radius 2 is 1.62 bits per heavy atom. The van der Waals surface area contributed by atoms with Crippen LogP contribution in [0, 0.1) is 17.8 Å². The van der Waals surface area contributed by atoms with Gasteiger partial charge in [0.25, 0.3) is 0 Å². The SMILES string of the molecule is CCN[C@H](C1=C(c2ccc(-c3ccc(-c4cnc(C5C6CC[C@H](C6)N5C(=O)C(NC(=O)OC)C(C)C)[nH]4)cc3)cc2)NCN1)[C@@H](C)CC. The molecule has 3 aliphatic rings. The number of nitrogens with zero attached hydrogens (tertiary/aromatic N) is 2. The minimum atomic E-state index is -0.653. The summed E-state index contributed by atoms with van der Waals surface area (Å²) in [5, 5.41) is 13.6. The first kappa shape index (κ1) is 33.6. The van der Waals surface area contributed by atoms with Crippen LogP contribution in [0.2, 0.25) is 0 Å². The van der Waals surface area contributed by atoms with Gasteiger partial charge in [0.15, 0.2) is 0 Å². The number of likely N-dealkylation sites (tertiary alicyclic amines) is 1. The minimum Gasteiger partial charge on any atom is -0.453 e. The van der Waals surface area contributed by atoms with Gasteiger partial charge in [-0.3, -0.25) is 4.79 Å². The highest BCUT2D eigenvalue weighted by atomic mass is 16.5. The molecule has 2 aromatic carbocycles. The zero-order chi connectivity index (χ0) is 33.9. The van der Waals surface area contributed by atoms with Gasteiger partial charge < -0.3 is 35.9 Å². The van der Waals surface area contributed by atoms with Gasteiger partial charge in [0.05, 0.1) is 49.1 Å². The van der Waals surface area contributed by atoms with Crippen LogP contribution in [0.1, 0.15) is 77.7 Å². The zero-order valence-corrected chi connectivity index (χ0v) is 29.1. The maximum atomic E-state index is 13.9. The number of amides is 2. The summed E-state index contributed by atoms with van der Waals surface area (Å²) in [5.74, 6) is 1.53. The summed E-state index contributed by atoms with van der Waals surface area (Å²) < 4.78 is 4.81. The Labute approximate surface area is 284 Å². The van der Waals surface area contributed by atoms with E-state index in [2.05, 4.69) is 95.6 Å². The number of nitrogens with one attached hydrogen (secondary N) is 5. The number of ether oxygens (including phenoxy) is 1. The average Bonchev–Trinajstić information content (AvgIpc) is 3.94. The van der Waals surface area contributed by atoms with Gasteiger partial charge in [-0.2, -0.15) is 0 Å². The van der Waals surface area contributed by atoms with Crippen molar-refractivity contribution in [2.75, 3.05) is 20.3 Å². The summed E-state index contributed by atoms with van der Waals surface area (Å²) in [4.78, 5) is 36.3. The maximum absolute atomic E-state index is 13.9. The molecular weight excluding hydrogens is 602 g/mol. The van der Waals surface area contributed by atoms with E-state index in [9.17, 15) is 9.59 Å². The Hall–Kier alpha value is -4.31. The molecule has 48 heavy (non-hydrogen) atoms. The quantitative estimate of drug-likeness (QED) is 0.162. The molecule has 1 aliphatic carbocycles. The summed E-state index contributed by atoms with van der Waals surface area (Å²) >= 11 is 0. The van der Waals surface area contributed by atoms with Crippen LogP contribution in [-0.2, 0) is 9.53 Å². The predicted octanol–water partition coefficient (Wildman–Crippen LogP) is 6.02. The summed E-state index contributed by atoms with van der Waals surface area (Å²) in [6.07, 6.45) is 5.40. The second kappa shape index (κ2) is 14.4. The van der Waals surface area contributed by atoms with Crippen LogP contribution in [0.25, 0.3) is 28.1 Å². The molecule has 2 fully saturated rings. The van der Waals surface area contributed by atoms with Crippen molar-refractivity contribution in [3.05, 3.63) is 71.8 Å². The fourth-order valence-corrected chi connectivity index (χ4v) is 7.80. The highest BCUT2D eigenvalue weighted by Gasteiger charge is 2.51. The van der Waals surface area contributed by atoms with Crippen molar-refractivity contribution in [2.24, 2.45) is 17.8 Å². The van der Waals surface area contributed by atoms with Gasteiger partial charge >= 0.3 is 6.09 Å². The molecule has 1 saturated carbocycles. The fraction of sp³-hybridized carbons (Fsp3) is 0.500. The number of fused-ring (bicyclic) bond motifs is 2. The number of rotatable bonds is 12. The number of aromatic nitrogens is 2. The predicted molar refractivity (Wildman–Crippen MR) is 189 cm³/mol. The highest BCUT2D eigenvalue weighted by molar-refractivity contribution is 5.87. The van der Waals surface area contributed by atoms with E-state index in [1.165, 1.54) is 24.1 Å². The number of aromatic amines is 1. The third-order valence-electron chi connectivity index (χ3n) is 10.6. The van der Waals surface area contributed by atoms with Crippen LogP contribution >= 0.6 is 0 Å². The number of carbonyl (C=O) groups excluding carboxylic acids is 2. The third-order valence-corrected chi connectivity index (χ3v) is 10.6. The number of benzene rings is 2. The molecule has 10 heteroatoms. The molecule has 10 nitrogen and oxygen atoms in total. The normalized spacial score (nSPS) is 22.0. The van der Waals surface area contributed by atoms with Crippen LogP contribution in [0.3, 0.4) is 0 Å². The van der Waals surface area contributed by atoms with Crippen molar-refractivity contribution in [3.8, 4) is 22.4 Å². The lowest BCUT2D eigenvalue weighted by Gasteiger charge is -2.37. The van der Waals surface area contributed by atoms with E-state index in [1.54, 1.807) is 0 Å². The lowest BCUT2D eigenvalue weighted by atomic mass is 9.93. The standard InChI is InChI=1S/C38H51N7O3/c1-7-23(5)32(39-8-2)34-33(41-21-42-34)27-15-11-25(12-16-27)24-9-13-26(14-10-24)30-20-40-36(43-30)35-28-17-18-29(19-28)45(35)37(46)31(22(3)4)44-38(47)48-6/h9-16,20,22-23,28-29,31-32,35,39,41-42H,7-8,17-19,21H2,1-6H3,(H,40,43)(H,44,47)/t23-,28?,29+,31?,32-,35?/m0/s1. The number of piperidine rings is 1. The first-order valence-electron chi connectivity index (χ1n) is 17.6. The van der Waals surface area contributed by atoms with Crippen molar-refractivity contribution < 1.29 is 14.3 Å².